The van der Waals surface area contributed by atoms with E-state index < -0.39 is 10.0 Å². The molecular formula is C17H18Cl2N2O3S2. The van der Waals surface area contributed by atoms with Crippen molar-refractivity contribution >= 4 is 50.5 Å². The summed E-state index contributed by atoms with van der Waals surface area (Å²) in [6.07, 6.45) is 0.940. The van der Waals surface area contributed by atoms with Crippen LogP contribution >= 0.6 is 34.5 Å². The van der Waals surface area contributed by atoms with Gasteiger partial charge in [-0.3, -0.25) is 4.79 Å². The van der Waals surface area contributed by atoms with Crippen molar-refractivity contribution in [1.29, 1.82) is 0 Å². The first-order valence-corrected chi connectivity index (χ1v) is 11.2. The maximum absolute atomic E-state index is 12.8. The smallest absolute Gasteiger partial charge is 0.246 e. The largest absolute Gasteiger partial charge is 0.351 e. The number of benzene rings is 1. The minimum atomic E-state index is -3.78. The number of carbonyl (C=O) groups is 1. The molecule has 26 heavy (non-hydrogen) atoms. The molecule has 0 aliphatic carbocycles. The van der Waals surface area contributed by atoms with E-state index in [1.165, 1.54) is 16.4 Å². The first-order chi connectivity index (χ1) is 12.4. The molecule has 0 bridgehead atoms. The number of nitrogens with zero attached hydrogens (tertiary/aromatic N) is 1. The first-order valence-electron chi connectivity index (χ1n) is 8.14. The van der Waals surface area contributed by atoms with E-state index >= 15 is 0 Å². The zero-order valence-corrected chi connectivity index (χ0v) is 17.0. The van der Waals surface area contributed by atoms with Gasteiger partial charge in [0, 0.05) is 23.9 Å². The molecular weight excluding hydrogens is 415 g/mol. The number of nitrogens with one attached hydrogen (secondary N) is 1. The third-order valence-electron chi connectivity index (χ3n) is 4.36. The van der Waals surface area contributed by atoms with Crippen molar-refractivity contribution in [2.75, 3.05) is 13.1 Å². The number of carbonyl (C=O) groups excluding carboxylic acids is 1. The molecule has 2 heterocycles. The van der Waals surface area contributed by atoms with Crippen molar-refractivity contribution in [2.24, 2.45) is 5.92 Å². The van der Waals surface area contributed by atoms with Gasteiger partial charge in [0.05, 0.1) is 16.6 Å². The zero-order valence-electron chi connectivity index (χ0n) is 13.8. The molecule has 5 nitrogen and oxygen atoms in total. The van der Waals surface area contributed by atoms with Gasteiger partial charge in [0.2, 0.25) is 15.9 Å². The Bertz CT molecular complexity index is 857. The van der Waals surface area contributed by atoms with Crippen LogP contribution in [0.5, 0.6) is 0 Å². The van der Waals surface area contributed by atoms with Gasteiger partial charge in [0.25, 0.3) is 0 Å². The van der Waals surface area contributed by atoms with Crippen LogP contribution in [-0.2, 0) is 21.4 Å². The molecule has 2 aromatic rings. The molecule has 0 spiro atoms. The van der Waals surface area contributed by atoms with Crippen molar-refractivity contribution < 1.29 is 13.2 Å². The predicted octanol–water partition coefficient (Wildman–Crippen LogP) is 3.77. The molecule has 9 heteroatoms. The Morgan fingerprint density at radius 1 is 1.15 bits per heavy atom. The first kappa shape index (κ1) is 19.6. The average molecular weight is 433 g/mol. The molecule has 0 radical (unpaired) electrons. The summed E-state index contributed by atoms with van der Waals surface area (Å²) in [6.45, 7) is 1.03. The molecule has 0 unspecified atom stereocenters. The van der Waals surface area contributed by atoms with Crippen LogP contribution < -0.4 is 5.32 Å². The van der Waals surface area contributed by atoms with E-state index in [-0.39, 0.29) is 39.9 Å². The standard InChI is InChI=1S/C17H18Cl2N2O3S2/c18-14-4-1-5-15(19)16(14)26(23,24)21-8-6-12(7-9-21)17(22)20-11-13-3-2-10-25-13/h1-5,10,12H,6-9,11H2,(H,20,22). The highest BCUT2D eigenvalue weighted by Crippen LogP contribution is 2.33. The number of piperidine rings is 1. The lowest BCUT2D eigenvalue weighted by atomic mass is 9.97. The predicted molar refractivity (Wildman–Crippen MR) is 104 cm³/mol. The maximum atomic E-state index is 12.8. The Morgan fingerprint density at radius 2 is 1.81 bits per heavy atom. The molecule has 0 atom stereocenters. The molecule has 1 aromatic carbocycles. The van der Waals surface area contributed by atoms with Gasteiger partial charge < -0.3 is 5.32 Å². The Labute approximate surface area is 167 Å². The van der Waals surface area contributed by atoms with Gasteiger partial charge in [-0.1, -0.05) is 35.3 Å². The van der Waals surface area contributed by atoms with Crippen molar-refractivity contribution in [1.82, 2.24) is 9.62 Å². The third-order valence-corrected chi connectivity index (χ3v) is 8.09. The van der Waals surface area contributed by atoms with Crippen LogP contribution in [0.15, 0.2) is 40.6 Å². The van der Waals surface area contributed by atoms with Crippen molar-refractivity contribution in [2.45, 2.75) is 24.3 Å². The second kappa shape index (κ2) is 8.27. The van der Waals surface area contributed by atoms with E-state index in [9.17, 15) is 13.2 Å². The van der Waals surface area contributed by atoms with E-state index in [1.807, 2.05) is 17.5 Å². The third kappa shape index (κ3) is 4.23. The summed E-state index contributed by atoms with van der Waals surface area (Å²) in [6, 6.07) is 8.52. The molecule has 0 saturated carbocycles. The molecule has 1 aromatic heterocycles. The fraction of sp³-hybridized carbons (Fsp3) is 0.353. The molecule has 1 N–H and O–H groups in total. The lowest BCUT2D eigenvalue weighted by Gasteiger charge is -2.31. The van der Waals surface area contributed by atoms with Crippen LogP contribution in [0.3, 0.4) is 0 Å². The number of rotatable bonds is 5. The van der Waals surface area contributed by atoms with E-state index in [4.69, 9.17) is 23.2 Å². The van der Waals surface area contributed by atoms with Gasteiger partial charge in [-0.15, -0.1) is 11.3 Å². The highest BCUT2D eigenvalue weighted by atomic mass is 35.5. The lowest BCUT2D eigenvalue weighted by Crippen LogP contribution is -2.43. The highest BCUT2D eigenvalue weighted by molar-refractivity contribution is 7.89. The molecule has 1 fully saturated rings. The van der Waals surface area contributed by atoms with Crippen LogP contribution in [0.4, 0.5) is 0 Å². The summed E-state index contributed by atoms with van der Waals surface area (Å²) in [5.74, 6) is -0.227. The van der Waals surface area contributed by atoms with Gasteiger partial charge >= 0.3 is 0 Å². The number of halogens is 2. The fourth-order valence-electron chi connectivity index (χ4n) is 2.95. The van der Waals surface area contributed by atoms with Crippen LogP contribution in [0.25, 0.3) is 0 Å². The van der Waals surface area contributed by atoms with Gasteiger partial charge in [0.15, 0.2) is 0 Å². The van der Waals surface area contributed by atoms with Gasteiger partial charge in [-0.05, 0) is 36.4 Å². The number of amides is 1. The zero-order chi connectivity index (χ0) is 18.7. The minimum absolute atomic E-state index is 0.0359. The normalized spacial score (nSPS) is 16.5. The van der Waals surface area contributed by atoms with Crippen molar-refractivity contribution in [3.63, 3.8) is 0 Å². The van der Waals surface area contributed by atoms with Crippen LogP contribution in [-0.4, -0.2) is 31.7 Å². The second-order valence-corrected chi connectivity index (χ2v) is 9.75. The molecule has 1 amide bonds. The van der Waals surface area contributed by atoms with E-state index in [0.29, 0.717) is 19.4 Å². The van der Waals surface area contributed by atoms with E-state index in [1.54, 1.807) is 17.4 Å². The summed E-state index contributed by atoms with van der Waals surface area (Å²) >= 11 is 13.7. The van der Waals surface area contributed by atoms with Crippen LogP contribution in [0, 0.1) is 5.92 Å². The fourth-order valence-corrected chi connectivity index (χ4v) is 6.15. The molecule has 1 aliphatic heterocycles. The van der Waals surface area contributed by atoms with E-state index in [2.05, 4.69) is 5.32 Å². The Morgan fingerprint density at radius 3 is 2.38 bits per heavy atom. The topological polar surface area (TPSA) is 66.5 Å². The maximum Gasteiger partial charge on any atom is 0.246 e. The molecule has 1 saturated heterocycles. The van der Waals surface area contributed by atoms with Crippen molar-refractivity contribution in [3.8, 4) is 0 Å². The molecule has 1 aliphatic rings. The molecule has 140 valence electrons. The summed E-state index contributed by atoms with van der Waals surface area (Å²) < 4.78 is 27.0. The van der Waals surface area contributed by atoms with Gasteiger partial charge in [-0.25, -0.2) is 8.42 Å². The number of hydrogen-bond acceptors (Lipinski definition) is 4. The Kier molecular flexibility index (Phi) is 6.25. The van der Waals surface area contributed by atoms with Crippen LogP contribution in [0.1, 0.15) is 17.7 Å². The Balaban J connectivity index is 1.62. The van der Waals surface area contributed by atoms with Gasteiger partial charge in [-0.2, -0.15) is 4.31 Å². The number of hydrogen-bond donors (Lipinski definition) is 1. The monoisotopic (exact) mass is 432 g/mol. The minimum Gasteiger partial charge on any atom is -0.351 e. The quantitative estimate of drug-likeness (QED) is 0.781. The van der Waals surface area contributed by atoms with Crippen LogP contribution in [0.2, 0.25) is 10.0 Å². The average Bonchev–Trinajstić information content (AvgIpc) is 3.13. The van der Waals surface area contributed by atoms with Crippen molar-refractivity contribution in [3.05, 3.63) is 50.6 Å². The van der Waals surface area contributed by atoms with Gasteiger partial charge in [0.1, 0.15) is 4.90 Å². The summed E-state index contributed by atoms with van der Waals surface area (Å²) in [4.78, 5) is 13.3. The summed E-state index contributed by atoms with van der Waals surface area (Å²) in [5.41, 5.74) is 0. The molecule has 3 rings (SSSR count). The highest BCUT2D eigenvalue weighted by Gasteiger charge is 2.34. The van der Waals surface area contributed by atoms with E-state index in [0.717, 1.165) is 4.88 Å². The number of sulfonamides is 1. The number of thiophene rings is 1. The summed E-state index contributed by atoms with van der Waals surface area (Å²) in [5, 5.41) is 5.09. The Hall–Kier alpha value is -1.12. The second-order valence-electron chi connectivity index (χ2n) is 6.03. The summed E-state index contributed by atoms with van der Waals surface area (Å²) in [7, 11) is -3.78. The lowest BCUT2D eigenvalue weighted by molar-refractivity contribution is -0.126. The SMILES string of the molecule is O=C(NCc1cccs1)C1CCN(S(=O)(=O)c2c(Cl)cccc2Cl)CC1.